The van der Waals surface area contributed by atoms with Crippen LogP contribution in [0.15, 0.2) is 84.0 Å². The van der Waals surface area contributed by atoms with Gasteiger partial charge in [0.25, 0.3) is 0 Å². The Morgan fingerprint density at radius 2 is 1.74 bits per heavy atom. The molecule has 4 aromatic rings. The number of halogens is 1. The van der Waals surface area contributed by atoms with E-state index in [9.17, 15) is 9.59 Å². The first kappa shape index (κ1) is 24.5. The molecule has 0 aliphatic rings. The van der Waals surface area contributed by atoms with Gasteiger partial charge >= 0.3 is 0 Å². The van der Waals surface area contributed by atoms with Crippen LogP contribution < -0.4 is 10.6 Å². The summed E-state index contributed by atoms with van der Waals surface area (Å²) in [7, 11) is 0. The third-order valence-corrected chi connectivity index (χ3v) is 6.22. The molecule has 0 radical (unpaired) electrons. The zero-order valence-corrected chi connectivity index (χ0v) is 20.6. The van der Waals surface area contributed by atoms with Gasteiger partial charge in [-0.25, -0.2) is 0 Å². The molecule has 178 valence electrons. The Kier molecular flexibility index (Phi) is 8.18. The average Bonchev–Trinajstić information content (AvgIpc) is 3.25. The number of amides is 2. The summed E-state index contributed by atoms with van der Waals surface area (Å²) in [6.45, 7) is 2.15. The first-order valence-electron chi connectivity index (χ1n) is 11.0. The molecule has 0 saturated carbocycles. The standard InChI is InChI=1S/C26H24ClN5O2S/c1-18-7-5-11-21(13-18)29-25(34)17-35-26-31-30-23(32(26)22-12-6-10-20(27)15-22)16-28-24(33)14-19-8-3-2-4-9-19/h2-13,15H,14,16-17H2,1H3,(H,28,33)(H,29,34). The van der Waals surface area contributed by atoms with Gasteiger partial charge in [-0.1, -0.05) is 71.9 Å². The SMILES string of the molecule is Cc1cccc(NC(=O)CSc2nnc(CNC(=O)Cc3ccccc3)n2-c2cccc(Cl)c2)c1. The second kappa shape index (κ2) is 11.7. The highest BCUT2D eigenvalue weighted by Gasteiger charge is 2.17. The van der Waals surface area contributed by atoms with E-state index < -0.39 is 0 Å². The molecule has 3 aromatic carbocycles. The van der Waals surface area contributed by atoms with Crippen LogP contribution in [0.2, 0.25) is 5.02 Å². The maximum Gasteiger partial charge on any atom is 0.234 e. The molecule has 7 nitrogen and oxygen atoms in total. The van der Waals surface area contributed by atoms with E-state index in [-0.39, 0.29) is 30.5 Å². The van der Waals surface area contributed by atoms with Crippen molar-refractivity contribution in [2.75, 3.05) is 11.1 Å². The van der Waals surface area contributed by atoms with Crippen LogP contribution in [0.5, 0.6) is 0 Å². The first-order valence-corrected chi connectivity index (χ1v) is 12.3. The van der Waals surface area contributed by atoms with Crippen molar-refractivity contribution in [1.29, 1.82) is 0 Å². The maximum absolute atomic E-state index is 12.5. The number of rotatable bonds is 9. The molecule has 0 aliphatic carbocycles. The lowest BCUT2D eigenvalue weighted by Crippen LogP contribution is -2.26. The van der Waals surface area contributed by atoms with Gasteiger partial charge in [0, 0.05) is 10.7 Å². The van der Waals surface area contributed by atoms with Gasteiger partial charge in [0.1, 0.15) is 0 Å². The van der Waals surface area contributed by atoms with Crippen LogP contribution in [0, 0.1) is 6.92 Å². The first-order chi connectivity index (χ1) is 17.0. The molecule has 0 spiro atoms. The van der Waals surface area contributed by atoms with Crippen molar-refractivity contribution in [3.8, 4) is 5.69 Å². The van der Waals surface area contributed by atoms with Gasteiger partial charge < -0.3 is 10.6 Å². The summed E-state index contributed by atoms with van der Waals surface area (Å²) in [5, 5.41) is 15.4. The number of hydrogen-bond donors (Lipinski definition) is 2. The fraction of sp³-hybridized carbons (Fsp3) is 0.154. The highest BCUT2D eigenvalue weighted by Crippen LogP contribution is 2.24. The summed E-state index contributed by atoms with van der Waals surface area (Å²) < 4.78 is 1.80. The van der Waals surface area contributed by atoms with Crippen LogP contribution in [-0.4, -0.2) is 32.3 Å². The van der Waals surface area contributed by atoms with Crippen molar-refractivity contribution >= 4 is 40.9 Å². The van der Waals surface area contributed by atoms with Gasteiger partial charge in [0.05, 0.1) is 24.4 Å². The number of nitrogens with one attached hydrogen (secondary N) is 2. The molecule has 9 heteroatoms. The monoisotopic (exact) mass is 505 g/mol. The third-order valence-electron chi connectivity index (χ3n) is 5.05. The van der Waals surface area contributed by atoms with E-state index in [1.54, 1.807) is 16.7 Å². The Bertz CT molecular complexity index is 1330. The summed E-state index contributed by atoms with van der Waals surface area (Å²) in [5.74, 6) is 0.408. The normalized spacial score (nSPS) is 10.7. The zero-order valence-electron chi connectivity index (χ0n) is 19.1. The van der Waals surface area contributed by atoms with Crippen molar-refractivity contribution < 1.29 is 9.59 Å². The number of aromatic nitrogens is 3. The largest absolute Gasteiger partial charge is 0.348 e. The highest BCUT2D eigenvalue weighted by molar-refractivity contribution is 7.99. The molecule has 0 aliphatic heterocycles. The van der Waals surface area contributed by atoms with Crippen LogP contribution in [0.1, 0.15) is 17.0 Å². The molecule has 0 unspecified atom stereocenters. The van der Waals surface area contributed by atoms with Crippen molar-refractivity contribution in [1.82, 2.24) is 20.1 Å². The van der Waals surface area contributed by atoms with Crippen LogP contribution in [0.4, 0.5) is 5.69 Å². The van der Waals surface area contributed by atoms with E-state index in [2.05, 4.69) is 20.8 Å². The second-order valence-electron chi connectivity index (χ2n) is 7.86. The summed E-state index contributed by atoms with van der Waals surface area (Å²) in [6, 6.07) is 24.4. The van der Waals surface area contributed by atoms with Crippen LogP contribution in [0.3, 0.4) is 0 Å². The van der Waals surface area contributed by atoms with Gasteiger partial charge in [0.15, 0.2) is 11.0 Å². The molecule has 2 N–H and O–H groups in total. The topological polar surface area (TPSA) is 88.9 Å². The number of hydrogen-bond acceptors (Lipinski definition) is 5. The lowest BCUT2D eigenvalue weighted by molar-refractivity contribution is -0.120. The van der Waals surface area contributed by atoms with Gasteiger partial charge in [-0.2, -0.15) is 0 Å². The fourth-order valence-corrected chi connectivity index (χ4v) is 4.41. The average molecular weight is 506 g/mol. The van der Waals surface area contributed by atoms with Gasteiger partial charge in [-0.05, 0) is 48.4 Å². The number of nitrogens with zero attached hydrogens (tertiary/aromatic N) is 3. The summed E-state index contributed by atoms with van der Waals surface area (Å²) >= 11 is 7.48. The lowest BCUT2D eigenvalue weighted by atomic mass is 10.1. The Hall–Kier alpha value is -3.62. The number of aryl methyl sites for hydroxylation is 1. The lowest BCUT2D eigenvalue weighted by Gasteiger charge is -2.12. The minimum atomic E-state index is -0.154. The van der Waals surface area contributed by atoms with E-state index in [1.807, 2.05) is 73.7 Å². The second-order valence-corrected chi connectivity index (χ2v) is 9.24. The Morgan fingerprint density at radius 3 is 2.51 bits per heavy atom. The van der Waals surface area contributed by atoms with Crippen molar-refractivity contribution in [3.63, 3.8) is 0 Å². The summed E-state index contributed by atoms with van der Waals surface area (Å²) in [5.41, 5.74) is 3.48. The van der Waals surface area contributed by atoms with E-state index >= 15 is 0 Å². The van der Waals surface area contributed by atoms with Crippen molar-refractivity contribution in [2.24, 2.45) is 0 Å². The van der Waals surface area contributed by atoms with Crippen LogP contribution in [0.25, 0.3) is 5.69 Å². The Morgan fingerprint density at radius 1 is 0.943 bits per heavy atom. The summed E-state index contributed by atoms with van der Waals surface area (Å²) in [4.78, 5) is 25.0. The van der Waals surface area contributed by atoms with Gasteiger partial charge in [-0.15, -0.1) is 10.2 Å². The number of anilines is 1. The number of benzene rings is 3. The smallest absolute Gasteiger partial charge is 0.234 e. The molecule has 1 heterocycles. The minimum Gasteiger partial charge on any atom is -0.348 e. The van der Waals surface area contributed by atoms with Gasteiger partial charge in [-0.3, -0.25) is 14.2 Å². The molecular weight excluding hydrogens is 482 g/mol. The third kappa shape index (κ3) is 6.94. The maximum atomic E-state index is 12.5. The molecular formula is C26H24ClN5O2S. The molecule has 2 amide bonds. The number of carbonyl (C=O) groups excluding carboxylic acids is 2. The molecule has 35 heavy (non-hydrogen) atoms. The predicted molar refractivity (Wildman–Crippen MR) is 139 cm³/mol. The van der Waals surface area contributed by atoms with Crippen molar-refractivity contribution in [3.05, 3.63) is 101 Å². The molecule has 4 rings (SSSR count). The minimum absolute atomic E-state index is 0.122. The number of carbonyl (C=O) groups is 2. The van der Waals surface area contributed by atoms with Crippen molar-refractivity contribution in [2.45, 2.75) is 25.0 Å². The Labute approximate surface area is 212 Å². The van der Waals surface area contributed by atoms with E-state index in [0.29, 0.717) is 16.0 Å². The zero-order chi connectivity index (χ0) is 24.6. The molecule has 0 bridgehead atoms. The quantitative estimate of drug-likeness (QED) is 0.318. The number of thioether (sulfide) groups is 1. The van der Waals surface area contributed by atoms with Gasteiger partial charge in [0.2, 0.25) is 11.8 Å². The molecule has 0 saturated heterocycles. The van der Waals surface area contributed by atoms with Crippen LogP contribution >= 0.6 is 23.4 Å². The molecule has 0 atom stereocenters. The van der Waals surface area contributed by atoms with E-state index in [1.165, 1.54) is 11.8 Å². The molecule has 0 fully saturated rings. The van der Waals surface area contributed by atoms with Crippen LogP contribution in [-0.2, 0) is 22.6 Å². The summed E-state index contributed by atoms with van der Waals surface area (Å²) in [6.07, 6.45) is 0.271. The fourth-order valence-electron chi connectivity index (χ4n) is 3.45. The highest BCUT2D eigenvalue weighted by atomic mass is 35.5. The van der Waals surface area contributed by atoms with E-state index in [0.717, 1.165) is 22.5 Å². The molecule has 1 aromatic heterocycles. The predicted octanol–water partition coefficient (Wildman–Crippen LogP) is 4.82. The Balaban J connectivity index is 1.47. The van der Waals surface area contributed by atoms with E-state index in [4.69, 9.17) is 11.6 Å².